The molecule has 44 heavy (non-hydrogen) atoms. The molecule has 15 heteroatoms. The molecule has 0 aliphatic heterocycles. The highest BCUT2D eigenvalue weighted by molar-refractivity contribution is 7.20. The fourth-order valence-corrected chi connectivity index (χ4v) is 6.03. The molecule has 0 aliphatic carbocycles. The van der Waals surface area contributed by atoms with Crippen LogP contribution in [0.15, 0.2) is 54.6 Å². The summed E-state index contributed by atoms with van der Waals surface area (Å²) in [7, 11) is 4.88. The number of benzene rings is 2. The second kappa shape index (κ2) is 13.5. The predicted octanol–water partition coefficient (Wildman–Crippen LogP) is 6.35. The summed E-state index contributed by atoms with van der Waals surface area (Å²) in [6.45, 7) is 1.71. The number of nitrogens with zero attached hydrogens (tertiary/aromatic N) is 5. The minimum Gasteiger partial charge on any atom is -0.480 e. The average Bonchev–Trinajstić information content (AvgIpc) is 3.34. The number of halogens is 2. The number of nitro groups is 1. The number of methoxy groups -OCH3 is 1. The Labute approximate surface area is 254 Å². The van der Waals surface area contributed by atoms with Gasteiger partial charge in [-0.1, -0.05) is 13.0 Å². The molecule has 0 bridgehead atoms. The fourth-order valence-electron chi connectivity index (χ4n) is 4.67. The zero-order valence-electron chi connectivity index (χ0n) is 24.1. The van der Waals surface area contributed by atoms with E-state index in [0.29, 0.717) is 16.0 Å². The Bertz CT molecular complexity index is 1660. The van der Waals surface area contributed by atoms with Gasteiger partial charge in [0, 0.05) is 35.2 Å². The van der Waals surface area contributed by atoms with Crippen molar-refractivity contribution in [1.29, 1.82) is 0 Å². The summed E-state index contributed by atoms with van der Waals surface area (Å²) in [6, 6.07) is 10.4. The smallest absolute Gasteiger partial charge is 0.413 e. The number of carboxylic acid groups (broad SMARTS) is 1. The molecule has 230 valence electrons. The Balaban J connectivity index is 1.99. The first-order valence-electron chi connectivity index (χ1n) is 13.2. The summed E-state index contributed by atoms with van der Waals surface area (Å²) >= 11 is 0.914. The van der Waals surface area contributed by atoms with Crippen LogP contribution in [-0.4, -0.2) is 58.3 Å². The quantitative estimate of drug-likeness (QED) is 0.143. The fraction of sp³-hybridized carbons (Fsp3) is 0.241. The van der Waals surface area contributed by atoms with Crippen molar-refractivity contribution in [3.05, 3.63) is 93.0 Å². The summed E-state index contributed by atoms with van der Waals surface area (Å²) in [4.78, 5) is 40.6. The van der Waals surface area contributed by atoms with Gasteiger partial charge in [0.25, 0.3) is 11.6 Å². The van der Waals surface area contributed by atoms with Crippen LogP contribution in [0.3, 0.4) is 0 Å². The van der Waals surface area contributed by atoms with Crippen LogP contribution in [-0.2, 0) is 6.54 Å². The van der Waals surface area contributed by atoms with E-state index < -0.39 is 40.2 Å². The number of thiophene rings is 1. The SMILES string of the molecule is CCC(c1c(F)cccc1F)N(C(=O)O)c1sc(-c2ccc([N+](=O)[O-])cc2)c(CN(C)C)c1C(=O)Nc1ccc(OC)nn1. The van der Waals surface area contributed by atoms with Gasteiger partial charge in [0.1, 0.15) is 16.6 Å². The number of rotatable bonds is 11. The van der Waals surface area contributed by atoms with E-state index in [4.69, 9.17) is 4.74 Å². The molecule has 4 rings (SSSR count). The predicted molar refractivity (Wildman–Crippen MR) is 160 cm³/mol. The van der Waals surface area contributed by atoms with Crippen LogP contribution in [0.1, 0.15) is 40.9 Å². The van der Waals surface area contributed by atoms with Gasteiger partial charge in [0.2, 0.25) is 5.88 Å². The van der Waals surface area contributed by atoms with E-state index in [1.807, 2.05) is 0 Å². The van der Waals surface area contributed by atoms with Crippen molar-refractivity contribution in [1.82, 2.24) is 15.1 Å². The van der Waals surface area contributed by atoms with Crippen LogP contribution >= 0.6 is 11.3 Å². The minimum atomic E-state index is -1.55. The highest BCUT2D eigenvalue weighted by Gasteiger charge is 2.36. The Morgan fingerprint density at radius 3 is 2.25 bits per heavy atom. The molecule has 1 atom stereocenters. The highest BCUT2D eigenvalue weighted by Crippen LogP contribution is 2.47. The molecular weight excluding hydrogens is 598 g/mol. The highest BCUT2D eigenvalue weighted by atomic mass is 32.1. The Morgan fingerprint density at radius 1 is 1.09 bits per heavy atom. The third-order valence-electron chi connectivity index (χ3n) is 6.58. The Morgan fingerprint density at radius 2 is 1.75 bits per heavy atom. The molecule has 2 N–H and O–H groups in total. The van der Waals surface area contributed by atoms with Crippen LogP contribution in [0.4, 0.5) is 30.1 Å². The third kappa shape index (κ3) is 6.63. The molecule has 2 heterocycles. The topological polar surface area (TPSA) is 151 Å². The number of nitrogens with one attached hydrogen (secondary N) is 1. The van der Waals surface area contributed by atoms with Crippen molar-refractivity contribution >= 4 is 39.8 Å². The molecule has 0 fully saturated rings. The number of ether oxygens (including phenoxy) is 1. The summed E-state index contributed by atoms with van der Waals surface area (Å²) in [5, 5.41) is 32.1. The molecule has 2 aromatic heterocycles. The largest absolute Gasteiger partial charge is 0.480 e. The van der Waals surface area contributed by atoms with Gasteiger partial charge in [-0.2, -0.15) is 0 Å². The first kappa shape index (κ1) is 31.9. The summed E-state index contributed by atoms with van der Waals surface area (Å²) in [5.41, 5.74) is 0.149. The summed E-state index contributed by atoms with van der Waals surface area (Å²) in [5.74, 6) is -2.40. The van der Waals surface area contributed by atoms with E-state index in [-0.39, 0.29) is 40.9 Å². The second-order valence-electron chi connectivity index (χ2n) is 9.76. The number of hydrogen-bond donors (Lipinski definition) is 2. The number of anilines is 2. The van der Waals surface area contributed by atoms with E-state index in [1.165, 1.54) is 49.6 Å². The Hall–Kier alpha value is -5.02. The van der Waals surface area contributed by atoms with Gasteiger partial charge < -0.3 is 20.1 Å². The lowest BCUT2D eigenvalue weighted by atomic mass is 10.00. The van der Waals surface area contributed by atoms with E-state index in [2.05, 4.69) is 15.5 Å². The van der Waals surface area contributed by atoms with Gasteiger partial charge in [0.15, 0.2) is 5.82 Å². The summed E-state index contributed by atoms with van der Waals surface area (Å²) < 4.78 is 35.1. The molecule has 0 aliphatic rings. The molecular formula is C29H28F2N6O6S. The van der Waals surface area contributed by atoms with Crippen molar-refractivity contribution in [2.24, 2.45) is 0 Å². The molecule has 0 saturated carbocycles. The van der Waals surface area contributed by atoms with Gasteiger partial charge in [0.05, 0.1) is 23.6 Å². The number of amides is 2. The molecule has 0 saturated heterocycles. The van der Waals surface area contributed by atoms with Gasteiger partial charge in [-0.25, -0.2) is 13.6 Å². The van der Waals surface area contributed by atoms with E-state index >= 15 is 8.78 Å². The van der Waals surface area contributed by atoms with Gasteiger partial charge in [-0.3, -0.25) is 19.8 Å². The third-order valence-corrected chi connectivity index (χ3v) is 7.86. The number of aromatic nitrogens is 2. The first-order chi connectivity index (χ1) is 21.0. The van der Waals surface area contributed by atoms with Crippen molar-refractivity contribution in [3.63, 3.8) is 0 Å². The Kier molecular flexibility index (Phi) is 9.80. The van der Waals surface area contributed by atoms with Crippen LogP contribution in [0.5, 0.6) is 5.88 Å². The monoisotopic (exact) mass is 626 g/mol. The maximum Gasteiger partial charge on any atom is 0.413 e. The number of carbonyl (C=O) groups is 2. The molecule has 0 spiro atoms. The van der Waals surface area contributed by atoms with Crippen LogP contribution < -0.4 is 15.0 Å². The standard InChI is InChI=1S/C29H28F2N6O6S/c1-5-21(25-19(30)7-6-8-20(25)31)36(29(39)40)28-24(27(38)32-22-13-14-23(43-4)34-33-22)18(15-35(2)3)26(44-28)16-9-11-17(12-10-16)37(41)42/h6-14,21H,5,15H2,1-4H3,(H,39,40)(H,32,33,38). The van der Waals surface area contributed by atoms with Crippen molar-refractivity contribution in [2.75, 3.05) is 31.4 Å². The van der Waals surface area contributed by atoms with Crippen molar-refractivity contribution in [3.8, 4) is 16.3 Å². The number of carbonyl (C=O) groups excluding carboxylic acids is 1. The normalized spacial score (nSPS) is 11.7. The van der Waals surface area contributed by atoms with E-state index in [1.54, 1.807) is 25.9 Å². The molecule has 0 radical (unpaired) electrons. The second-order valence-corrected chi connectivity index (χ2v) is 10.8. The molecule has 1 unspecified atom stereocenters. The van der Waals surface area contributed by atoms with E-state index in [9.17, 15) is 24.8 Å². The molecule has 12 nitrogen and oxygen atoms in total. The van der Waals surface area contributed by atoms with Crippen molar-refractivity contribution in [2.45, 2.75) is 25.9 Å². The van der Waals surface area contributed by atoms with Gasteiger partial charge in [-0.15, -0.1) is 21.5 Å². The average molecular weight is 627 g/mol. The zero-order chi connectivity index (χ0) is 32.1. The lowest BCUT2D eigenvalue weighted by Gasteiger charge is -2.29. The van der Waals surface area contributed by atoms with Crippen LogP contribution in [0.25, 0.3) is 10.4 Å². The summed E-state index contributed by atoms with van der Waals surface area (Å²) in [6.07, 6.45) is -1.59. The maximum absolute atomic E-state index is 15.0. The molecule has 4 aromatic rings. The maximum atomic E-state index is 15.0. The van der Waals surface area contributed by atoms with Gasteiger partial charge >= 0.3 is 6.09 Å². The molecule has 2 aromatic carbocycles. The lowest BCUT2D eigenvalue weighted by molar-refractivity contribution is -0.384. The van der Waals surface area contributed by atoms with Crippen LogP contribution in [0.2, 0.25) is 0 Å². The number of non-ortho nitro benzene ring substituents is 1. The molecule has 2 amide bonds. The van der Waals surface area contributed by atoms with Crippen LogP contribution in [0, 0.1) is 21.7 Å². The minimum absolute atomic E-state index is 0.0368. The van der Waals surface area contributed by atoms with Crippen molar-refractivity contribution < 1.29 is 33.1 Å². The first-order valence-corrected chi connectivity index (χ1v) is 14.0. The number of hydrogen-bond acceptors (Lipinski definition) is 9. The zero-order valence-corrected chi connectivity index (χ0v) is 24.9. The lowest BCUT2D eigenvalue weighted by Crippen LogP contribution is -2.35. The van der Waals surface area contributed by atoms with E-state index in [0.717, 1.165) is 28.4 Å². The van der Waals surface area contributed by atoms with Gasteiger partial charge in [-0.05, 0) is 62.0 Å². The number of nitro benzene ring substituents is 1.